The second-order valence-electron chi connectivity index (χ2n) is 10.2. The van der Waals surface area contributed by atoms with E-state index in [0.29, 0.717) is 19.0 Å². The molecule has 5 aromatic rings. The number of ether oxygens (including phenoxy) is 1. The lowest BCUT2D eigenvalue weighted by Gasteiger charge is -2.33. The number of aromatic nitrogens is 4. The number of carbonyl (C=O) groups is 1. The Kier molecular flexibility index (Phi) is 7.43. The third kappa shape index (κ3) is 5.66. The van der Waals surface area contributed by atoms with Gasteiger partial charge in [-0.15, -0.1) is 11.3 Å². The molecule has 1 aliphatic rings. The summed E-state index contributed by atoms with van der Waals surface area (Å²) in [6.07, 6.45) is 5.58. The SMILES string of the molecule is COc1cccc(-c2nc3sccn3c2-c2ccnc(NC3CCCN(C(=O)Nc4ccc(N(C)C)cc4)C3)n2)c1. The molecule has 1 fully saturated rings. The third-order valence-corrected chi connectivity index (χ3v) is 7.94. The summed E-state index contributed by atoms with van der Waals surface area (Å²) >= 11 is 1.58. The predicted molar refractivity (Wildman–Crippen MR) is 164 cm³/mol. The molecule has 41 heavy (non-hydrogen) atoms. The average molecular weight is 569 g/mol. The van der Waals surface area contributed by atoms with Gasteiger partial charge in [0.05, 0.1) is 18.5 Å². The number of urea groups is 1. The van der Waals surface area contributed by atoms with Gasteiger partial charge in [0.1, 0.15) is 11.4 Å². The second kappa shape index (κ2) is 11.5. The number of methoxy groups -OCH3 is 1. The molecule has 0 aliphatic carbocycles. The maximum atomic E-state index is 13.0. The minimum atomic E-state index is -0.106. The Morgan fingerprint density at radius 3 is 2.78 bits per heavy atom. The Hall–Kier alpha value is -4.64. The Bertz CT molecular complexity index is 1660. The lowest BCUT2D eigenvalue weighted by molar-refractivity contribution is 0.196. The number of hydrogen-bond acceptors (Lipinski definition) is 8. The number of carbonyl (C=O) groups excluding carboxylic acids is 1. The summed E-state index contributed by atoms with van der Waals surface area (Å²) in [4.78, 5) is 32.1. The van der Waals surface area contributed by atoms with Gasteiger partial charge in [0.25, 0.3) is 0 Å². The number of nitrogens with one attached hydrogen (secondary N) is 2. The molecule has 210 valence electrons. The van der Waals surface area contributed by atoms with Crippen LogP contribution in [-0.2, 0) is 0 Å². The van der Waals surface area contributed by atoms with Crippen LogP contribution in [0.2, 0.25) is 0 Å². The van der Waals surface area contributed by atoms with E-state index in [1.807, 2.05) is 90.1 Å². The first-order valence-corrected chi connectivity index (χ1v) is 14.4. The van der Waals surface area contributed by atoms with Crippen molar-refractivity contribution in [2.24, 2.45) is 0 Å². The van der Waals surface area contributed by atoms with E-state index in [1.165, 1.54) is 0 Å². The van der Waals surface area contributed by atoms with Crippen LogP contribution in [-0.4, -0.2) is 70.6 Å². The van der Waals surface area contributed by atoms with E-state index >= 15 is 0 Å². The molecule has 0 saturated carbocycles. The monoisotopic (exact) mass is 568 g/mol. The molecule has 2 N–H and O–H groups in total. The van der Waals surface area contributed by atoms with Crippen LogP contribution in [0.25, 0.3) is 27.6 Å². The van der Waals surface area contributed by atoms with Gasteiger partial charge in [0, 0.05) is 67.9 Å². The van der Waals surface area contributed by atoms with Crippen molar-refractivity contribution in [2.45, 2.75) is 18.9 Å². The molecule has 1 aliphatic heterocycles. The minimum Gasteiger partial charge on any atom is -0.497 e. The molecule has 1 unspecified atom stereocenters. The van der Waals surface area contributed by atoms with Crippen molar-refractivity contribution in [3.63, 3.8) is 0 Å². The zero-order chi connectivity index (χ0) is 28.3. The number of thiazole rings is 1. The highest BCUT2D eigenvalue weighted by Gasteiger charge is 2.25. The number of likely N-dealkylation sites (tertiary alicyclic amines) is 1. The fourth-order valence-electron chi connectivity index (χ4n) is 5.07. The van der Waals surface area contributed by atoms with E-state index in [-0.39, 0.29) is 12.1 Å². The fourth-order valence-corrected chi connectivity index (χ4v) is 5.78. The van der Waals surface area contributed by atoms with Crippen molar-refractivity contribution in [3.8, 4) is 28.4 Å². The smallest absolute Gasteiger partial charge is 0.321 e. The van der Waals surface area contributed by atoms with Crippen LogP contribution in [0.4, 0.5) is 22.1 Å². The summed E-state index contributed by atoms with van der Waals surface area (Å²) in [5, 5.41) is 8.51. The molecule has 0 radical (unpaired) electrons. The number of hydrogen-bond donors (Lipinski definition) is 2. The molecule has 0 bridgehead atoms. The van der Waals surface area contributed by atoms with Crippen molar-refractivity contribution < 1.29 is 9.53 Å². The van der Waals surface area contributed by atoms with E-state index in [0.717, 1.165) is 57.6 Å². The molecule has 6 rings (SSSR count). The molecule has 3 aromatic heterocycles. The number of fused-ring (bicyclic) bond motifs is 1. The van der Waals surface area contributed by atoms with Gasteiger partial charge in [0.2, 0.25) is 5.95 Å². The van der Waals surface area contributed by atoms with Crippen molar-refractivity contribution in [1.29, 1.82) is 0 Å². The number of nitrogens with zero attached hydrogens (tertiary/aromatic N) is 6. The summed E-state index contributed by atoms with van der Waals surface area (Å²) in [7, 11) is 5.64. The van der Waals surface area contributed by atoms with Crippen LogP contribution >= 0.6 is 11.3 Å². The normalized spacial score (nSPS) is 15.1. The summed E-state index contributed by atoms with van der Waals surface area (Å²) < 4.78 is 7.51. The summed E-state index contributed by atoms with van der Waals surface area (Å²) in [6.45, 7) is 1.27. The largest absolute Gasteiger partial charge is 0.497 e. The molecule has 11 heteroatoms. The Morgan fingerprint density at radius 1 is 1.12 bits per heavy atom. The first-order valence-electron chi connectivity index (χ1n) is 13.5. The van der Waals surface area contributed by atoms with Crippen LogP contribution in [0.5, 0.6) is 5.75 Å². The predicted octanol–water partition coefficient (Wildman–Crippen LogP) is 5.70. The third-order valence-electron chi connectivity index (χ3n) is 7.18. The topological polar surface area (TPSA) is 99.9 Å². The maximum absolute atomic E-state index is 13.0. The quantitative estimate of drug-likeness (QED) is 0.260. The van der Waals surface area contributed by atoms with Gasteiger partial charge in [-0.25, -0.2) is 19.7 Å². The number of rotatable bonds is 7. The van der Waals surface area contributed by atoms with Gasteiger partial charge >= 0.3 is 6.03 Å². The minimum absolute atomic E-state index is 0.0327. The molecule has 2 amide bonds. The van der Waals surface area contributed by atoms with Gasteiger partial charge in [-0.05, 0) is 55.3 Å². The van der Waals surface area contributed by atoms with Crippen molar-refractivity contribution in [1.82, 2.24) is 24.3 Å². The first kappa shape index (κ1) is 26.6. The highest BCUT2D eigenvalue weighted by atomic mass is 32.1. The van der Waals surface area contributed by atoms with Crippen molar-refractivity contribution >= 4 is 39.7 Å². The van der Waals surface area contributed by atoms with E-state index in [2.05, 4.69) is 20.0 Å². The summed E-state index contributed by atoms with van der Waals surface area (Å²) in [5.74, 6) is 1.29. The van der Waals surface area contributed by atoms with E-state index < -0.39 is 0 Å². The van der Waals surface area contributed by atoms with Crippen LogP contribution in [0.1, 0.15) is 12.8 Å². The highest BCUT2D eigenvalue weighted by molar-refractivity contribution is 7.15. The van der Waals surface area contributed by atoms with Gasteiger partial charge < -0.3 is 25.2 Å². The zero-order valence-corrected chi connectivity index (χ0v) is 24.1. The first-order chi connectivity index (χ1) is 20.0. The second-order valence-corrected chi connectivity index (χ2v) is 11.0. The highest BCUT2D eigenvalue weighted by Crippen LogP contribution is 2.35. The van der Waals surface area contributed by atoms with Gasteiger partial charge in [-0.1, -0.05) is 12.1 Å². The van der Waals surface area contributed by atoms with Gasteiger partial charge in [-0.2, -0.15) is 0 Å². The average Bonchev–Trinajstić information content (AvgIpc) is 3.59. The van der Waals surface area contributed by atoms with Crippen molar-refractivity contribution in [2.75, 3.05) is 49.8 Å². The van der Waals surface area contributed by atoms with Crippen LogP contribution in [0.3, 0.4) is 0 Å². The number of imidazole rings is 1. The number of piperidine rings is 1. The molecular formula is C30H32N8O2S. The standard InChI is InChI=1S/C30H32N8O2S/c1-36(2)23-11-9-21(10-12-23)33-29(39)37-15-5-7-22(19-37)32-28-31-14-13-25(34-28)27-26(35-30-38(27)16-17-41-30)20-6-4-8-24(18-20)40-3/h4,6,8-14,16-18,22H,5,7,15,19H2,1-3H3,(H,33,39)(H,31,32,34). The fraction of sp³-hybridized carbons (Fsp3) is 0.267. The summed E-state index contributed by atoms with van der Waals surface area (Å²) in [5.41, 5.74) is 5.30. The molecular weight excluding hydrogens is 536 g/mol. The zero-order valence-electron chi connectivity index (χ0n) is 23.2. The van der Waals surface area contributed by atoms with Crippen LogP contribution < -0.4 is 20.3 Å². The lowest BCUT2D eigenvalue weighted by atomic mass is 10.1. The molecule has 0 spiro atoms. The lowest BCUT2D eigenvalue weighted by Crippen LogP contribution is -2.47. The molecule has 2 aromatic carbocycles. The molecule has 10 nitrogen and oxygen atoms in total. The van der Waals surface area contributed by atoms with Crippen molar-refractivity contribution in [3.05, 3.63) is 72.4 Å². The number of amides is 2. The van der Waals surface area contributed by atoms with Gasteiger partial charge in [0.15, 0.2) is 4.96 Å². The Balaban J connectivity index is 1.19. The van der Waals surface area contributed by atoms with Crippen LogP contribution in [0, 0.1) is 0 Å². The Labute approximate surface area is 242 Å². The maximum Gasteiger partial charge on any atom is 0.321 e. The van der Waals surface area contributed by atoms with Crippen LogP contribution in [0.15, 0.2) is 72.4 Å². The van der Waals surface area contributed by atoms with Gasteiger partial charge in [-0.3, -0.25) is 4.40 Å². The molecule has 1 saturated heterocycles. The van der Waals surface area contributed by atoms with E-state index in [9.17, 15) is 4.79 Å². The van der Waals surface area contributed by atoms with E-state index in [1.54, 1.807) is 24.6 Å². The number of benzene rings is 2. The summed E-state index contributed by atoms with van der Waals surface area (Å²) in [6, 6.07) is 17.5. The number of anilines is 3. The Morgan fingerprint density at radius 2 is 1.98 bits per heavy atom. The molecule has 4 heterocycles. The van der Waals surface area contributed by atoms with E-state index in [4.69, 9.17) is 14.7 Å². The molecule has 1 atom stereocenters.